The maximum Gasteiger partial charge on any atom is 0.330 e. The molecule has 6 heteroatoms. The van der Waals surface area contributed by atoms with E-state index in [1.54, 1.807) is 37.0 Å². The number of H-pyrrole nitrogens is 1. The van der Waals surface area contributed by atoms with Gasteiger partial charge in [0.05, 0.1) is 18.3 Å². The van der Waals surface area contributed by atoms with Crippen LogP contribution in [0, 0.1) is 0 Å². The second-order valence-electron chi connectivity index (χ2n) is 4.87. The van der Waals surface area contributed by atoms with Crippen molar-refractivity contribution in [3.63, 3.8) is 0 Å². The molecule has 0 saturated carbocycles. The van der Waals surface area contributed by atoms with E-state index in [0.29, 0.717) is 23.0 Å². The number of aromatic amines is 1. The van der Waals surface area contributed by atoms with E-state index in [9.17, 15) is 9.59 Å². The van der Waals surface area contributed by atoms with Gasteiger partial charge in [-0.1, -0.05) is 6.07 Å². The number of esters is 1. The van der Waals surface area contributed by atoms with Crippen LogP contribution in [0.5, 0.6) is 0 Å². The Bertz CT molecular complexity index is 950. The summed E-state index contributed by atoms with van der Waals surface area (Å²) in [6, 6.07) is 5.39. The van der Waals surface area contributed by atoms with Gasteiger partial charge in [-0.15, -0.1) is 0 Å². The number of hydrogen-bond donors (Lipinski definition) is 1. The zero-order valence-corrected chi connectivity index (χ0v) is 12.3. The topological polar surface area (TPSA) is 77.0 Å². The van der Waals surface area contributed by atoms with Gasteiger partial charge in [-0.3, -0.25) is 9.48 Å². The Balaban J connectivity index is 2.11. The van der Waals surface area contributed by atoms with Gasteiger partial charge in [-0.25, -0.2) is 4.79 Å². The van der Waals surface area contributed by atoms with Gasteiger partial charge in [0, 0.05) is 24.0 Å². The Hall–Kier alpha value is -2.89. The molecule has 0 amide bonds. The van der Waals surface area contributed by atoms with Crippen LogP contribution >= 0.6 is 0 Å². The summed E-state index contributed by atoms with van der Waals surface area (Å²) in [6.45, 7) is 2.08. The van der Waals surface area contributed by atoms with E-state index in [-0.39, 0.29) is 5.43 Å². The summed E-state index contributed by atoms with van der Waals surface area (Å²) in [7, 11) is 1.73. The van der Waals surface area contributed by atoms with Crippen LogP contribution in [0.1, 0.15) is 12.5 Å². The molecule has 1 aromatic carbocycles. The fourth-order valence-electron chi connectivity index (χ4n) is 2.39. The van der Waals surface area contributed by atoms with Crippen LogP contribution in [0.4, 0.5) is 0 Å². The summed E-state index contributed by atoms with van der Waals surface area (Å²) in [5, 5.41) is 4.65. The van der Waals surface area contributed by atoms with Crippen LogP contribution in [0.25, 0.3) is 28.0 Å². The van der Waals surface area contributed by atoms with Gasteiger partial charge in [-0.05, 0) is 30.7 Å². The van der Waals surface area contributed by atoms with E-state index in [0.717, 1.165) is 11.1 Å². The lowest BCUT2D eigenvalue weighted by Crippen LogP contribution is -2.08. The number of rotatable bonds is 3. The molecule has 0 aliphatic rings. The highest BCUT2D eigenvalue weighted by molar-refractivity contribution is 5.93. The smallest absolute Gasteiger partial charge is 0.330 e. The van der Waals surface area contributed by atoms with E-state index in [2.05, 4.69) is 10.1 Å². The van der Waals surface area contributed by atoms with E-state index < -0.39 is 5.97 Å². The lowest BCUT2D eigenvalue weighted by Gasteiger charge is -2.02. The van der Waals surface area contributed by atoms with Gasteiger partial charge in [0.2, 0.25) is 5.43 Å². The predicted octanol–water partition coefficient (Wildman–Crippen LogP) is 1.99. The molecule has 0 aliphatic heterocycles. The minimum absolute atomic E-state index is 0.0878. The zero-order chi connectivity index (χ0) is 15.7. The van der Waals surface area contributed by atoms with Crippen molar-refractivity contribution in [2.24, 2.45) is 7.05 Å². The van der Waals surface area contributed by atoms with Gasteiger partial charge in [0.1, 0.15) is 5.52 Å². The molecular weight excluding hydrogens is 282 g/mol. The van der Waals surface area contributed by atoms with Crippen LogP contribution in [-0.4, -0.2) is 27.3 Å². The van der Waals surface area contributed by atoms with Gasteiger partial charge in [0.25, 0.3) is 0 Å². The standard InChI is InChI=1S/C16H15N3O3/c1-3-22-14(20)7-5-10-4-6-12-11(8-10)16(21)15-13(18-12)9-17-19(15)2/h4-9H,3H2,1-2H3,(H,18,21). The summed E-state index contributed by atoms with van der Waals surface area (Å²) < 4.78 is 6.38. The Labute approximate surface area is 126 Å². The number of aryl methyl sites for hydroxylation is 1. The number of aromatic nitrogens is 3. The molecule has 0 aliphatic carbocycles. The van der Waals surface area contributed by atoms with Gasteiger partial charge < -0.3 is 9.72 Å². The number of carbonyl (C=O) groups is 1. The van der Waals surface area contributed by atoms with Crippen molar-refractivity contribution in [1.82, 2.24) is 14.8 Å². The Morgan fingerprint density at radius 2 is 2.23 bits per heavy atom. The average Bonchev–Trinajstić information content (AvgIpc) is 2.87. The Kier molecular flexibility index (Phi) is 3.50. The van der Waals surface area contributed by atoms with Crippen LogP contribution in [0.2, 0.25) is 0 Å². The van der Waals surface area contributed by atoms with Crippen LogP contribution in [-0.2, 0) is 16.6 Å². The number of carbonyl (C=O) groups excluding carboxylic acids is 1. The fraction of sp³-hybridized carbons (Fsp3) is 0.188. The molecule has 112 valence electrons. The molecule has 0 fully saturated rings. The summed E-state index contributed by atoms with van der Waals surface area (Å²) in [5.41, 5.74) is 2.63. The molecule has 1 N–H and O–H groups in total. The van der Waals surface area contributed by atoms with Gasteiger partial charge in [-0.2, -0.15) is 5.10 Å². The number of nitrogens with zero attached hydrogens (tertiary/aromatic N) is 2. The van der Waals surface area contributed by atoms with Crippen molar-refractivity contribution in [2.75, 3.05) is 6.61 Å². The van der Waals surface area contributed by atoms with Crippen LogP contribution in [0.3, 0.4) is 0 Å². The number of pyridine rings is 1. The first-order chi connectivity index (χ1) is 10.6. The lowest BCUT2D eigenvalue weighted by molar-refractivity contribution is -0.137. The van der Waals surface area contributed by atoms with E-state index >= 15 is 0 Å². The first-order valence-electron chi connectivity index (χ1n) is 6.92. The van der Waals surface area contributed by atoms with Gasteiger partial charge in [0.15, 0.2) is 0 Å². The first-order valence-corrected chi connectivity index (χ1v) is 6.92. The molecule has 0 spiro atoms. The van der Waals surface area contributed by atoms with Crippen molar-refractivity contribution in [2.45, 2.75) is 6.92 Å². The molecule has 0 atom stereocenters. The molecule has 6 nitrogen and oxygen atoms in total. The average molecular weight is 297 g/mol. The molecule has 0 saturated heterocycles. The largest absolute Gasteiger partial charge is 0.463 e. The normalized spacial score (nSPS) is 11.5. The highest BCUT2D eigenvalue weighted by Gasteiger charge is 2.09. The SMILES string of the molecule is CCOC(=O)C=Cc1ccc2[nH]c3cnn(C)c3c(=O)c2c1. The number of ether oxygens (including phenoxy) is 1. The summed E-state index contributed by atoms with van der Waals surface area (Å²) in [5.74, 6) is -0.404. The molecule has 3 aromatic rings. The highest BCUT2D eigenvalue weighted by Crippen LogP contribution is 2.16. The monoisotopic (exact) mass is 297 g/mol. The van der Waals surface area contributed by atoms with Crippen LogP contribution < -0.4 is 5.43 Å². The van der Waals surface area contributed by atoms with Crippen molar-refractivity contribution < 1.29 is 9.53 Å². The third-order valence-electron chi connectivity index (χ3n) is 3.41. The predicted molar refractivity (Wildman–Crippen MR) is 84.5 cm³/mol. The molecule has 0 radical (unpaired) electrons. The molecule has 0 bridgehead atoms. The number of hydrogen-bond acceptors (Lipinski definition) is 4. The summed E-state index contributed by atoms with van der Waals surface area (Å²) in [4.78, 5) is 27.1. The summed E-state index contributed by atoms with van der Waals surface area (Å²) >= 11 is 0. The third kappa shape index (κ3) is 2.39. The van der Waals surface area contributed by atoms with E-state index in [1.165, 1.54) is 6.08 Å². The number of fused-ring (bicyclic) bond motifs is 2. The molecular formula is C16H15N3O3. The van der Waals surface area contributed by atoms with E-state index in [4.69, 9.17) is 4.74 Å². The third-order valence-corrected chi connectivity index (χ3v) is 3.41. The second-order valence-corrected chi connectivity index (χ2v) is 4.87. The van der Waals surface area contributed by atoms with E-state index in [1.807, 2.05) is 12.1 Å². The van der Waals surface area contributed by atoms with Gasteiger partial charge >= 0.3 is 5.97 Å². The van der Waals surface area contributed by atoms with Crippen molar-refractivity contribution in [1.29, 1.82) is 0 Å². The number of nitrogens with one attached hydrogen (secondary N) is 1. The minimum atomic E-state index is -0.404. The second kappa shape index (κ2) is 5.48. The summed E-state index contributed by atoms with van der Waals surface area (Å²) in [6.07, 6.45) is 4.61. The maximum absolute atomic E-state index is 12.6. The fourth-order valence-corrected chi connectivity index (χ4v) is 2.39. The van der Waals surface area contributed by atoms with Crippen LogP contribution in [0.15, 0.2) is 35.3 Å². The number of benzene rings is 1. The van der Waals surface area contributed by atoms with Crippen molar-refractivity contribution >= 4 is 34.0 Å². The highest BCUT2D eigenvalue weighted by atomic mass is 16.5. The minimum Gasteiger partial charge on any atom is -0.463 e. The quantitative estimate of drug-likeness (QED) is 0.592. The molecule has 0 unspecified atom stereocenters. The zero-order valence-electron chi connectivity index (χ0n) is 12.3. The Morgan fingerprint density at radius 3 is 3.00 bits per heavy atom. The molecule has 2 heterocycles. The molecule has 22 heavy (non-hydrogen) atoms. The maximum atomic E-state index is 12.6. The molecule has 2 aromatic heterocycles. The molecule has 3 rings (SSSR count). The Morgan fingerprint density at radius 1 is 1.41 bits per heavy atom. The lowest BCUT2D eigenvalue weighted by atomic mass is 10.1. The van der Waals surface area contributed by atoms with Crippen molar-refractivity contribution in [3.8, 4) is 0 Å². The van der Waals surface area contributed by atoms with Crippen molar-refractivity contribution in [3.05, 3.63) is 46.3 Å². The first kappa shape index (κ1) is 14.1.